The van der Waals surface area contributed by atoms with Gasteiger partial charge in [0.1, 0.15) is 5.75 Å². The number of hydrogen-bond acceptors (Lipinski definition) is 2. The smallest absolute Gasteiger partial charge is 0.115 e. The fourth-order valence-electron chi connectivity index (χ4n) is 3.69. The molecule has 2 nitrogen and oxygen atoms in total. The van der Waals surface area contributed by atoms with Gasteiger partial charge in [0.25, 0.3) is 0 Å². The molecule has 3 N–H and O–H groups in total. The van der Waals surface area contributed by atoms with Crippen LogP contribution < -0.4 is 5.73 Å². The molecule has 1 aromatic carbocycles. The van der Waals surface area contributed by atoms with Gasteiger partial charge in [-0.05, 0) is 48.9 Å². The Morgan fingerprint density at radius 1 is 1.28 bits per heavy atom. The highest BCUT2D eigenvalue weighted by Crippen LogP contribution is 2.44. The maximum Gasteiger partial charge on any atom is 0.115 e. The molecule has 2 rings (SSSR count). The molecule has 100 valence electrons. The van der Waals surface area contributed by atoms with Crippen molar-refractivity contribution >= 4 is 0 Å². The van der Waals surface area contributed by atoms with Crippen LogP contribution in [0.5, 0.6) is 5.75 Å². The molecule has 0 bridgehead atoms. The van der Waals surface area contributed by atoms with Crippen LogP contribution in [0.1, 0.15) is 57.1 Å². The van der Waals surface area contributed by atoms with Gasteiger partial charge in [0.15, 0.2) is 0 Å². The van der Waals surface area contributed by atoms with Crippen LogP contribution in [-0.4, -0.2) is 11.1 Å². The third-order valence-corrected chi connectivity index (χ3v) is 4.46. The second kappa shape index (κ2) is 5.31. The first-order valence-corrected chi connectivity index (χ1v) is 7.22. The van der Waals surface area contributed by atoms with Crippen LogP contribution in [0.3, 0.4) is 0 Å². The molecular formula is C16H25NO. The highest BCUT2D eigenvalue weighted by Gasteiger charge is 2.41. The van der Waals surface area contributed by atoms with Crippen LogP contribution in [0.4, 0.5) is 0 Å². The molecule has 1 unspecified atom stereocenters. The number of hydrogen-bond donors (Lipinski definition) is 2. The Balaban J connectivity index is 2.52. The quantitative estimate of drug-likeness (QED) is 0.855. The first kappa shape index (κ1) is 13.4. The van der Waals surface area contributed by atoms with E-state index in [1.807, 2.05) is 6.07 Å². The van der Waals surface area contributed by atoms with E-state index < -0.39 is 0 Å². The number of aryl methyl sites for hydroxylation is 1. The third-order valence-electron chi connectivity index (χ3n) is 4.46. The molecule has 0 heterocycles. The van der Waals surface area contributed by atoms with E-state index in [1.165, 1.54) is 11.1 Å². The van der Waals surface area contributed by atoms with E-state index in [-0.39, 0.29) is 11.5 Å². The molecule has 1 aliphatic carbocycles. The van der Waals surface area contributed by atoms with E-state index in [0.717, 1.165) is 38.5 Å². The molecule has 0 radical (unpaired) electrons. The van der Waals surface area contributed by atoms with Gasteiger partial charge in [-0.2, -0.15) is 0 Å². The Hall–Kier alpha value is -1.02. The number of benzene rings is 1. The molecule has 1 aliphatic rings. The summed E-state index contributed by atoms with van der Waals surface area (Å²) in [7, 11) is 0. The monoisotopic (exact) mass is 247 g/mol. The lowest BCUT2D eigenvalue weighted by Crippen LogP contribution is -2.48. The van der Waals surface area contributed by atoms with Gasteiger partial charge in [-0.3, -0.25) is 0 Å². The van der Waals surface area contributed by atoms with Gasteiger partial charge in [-0.15, -0.1) is 0 Å². The van der Waals surface area contributed by atoms with Crippen molar-refractivity contribution in [2.45, 2.75) is 63.8 Å². The normalized spacial score (nSPS) is 21.6. The summed E-state index contributed by atoms with van der Waals surface area (Å²) < 4.78 is 0. The first-order chi connectivity index (χ1) is 8.64. The lowest BCUT2D eigenvalue weighted by atomic mass is 9.62. The van der Waals surface area contributed by atoms with Crippen molar-refractivity contribution in [1.29, 1.82) is 0 Å². The van der Waals surface area contributed by atoms with Crippen LogP contribution in [0.25, 0.3) is 0 Å². The van der Waals surface area contributed by atoms with Gasteiger partial charge >= 0.3 is 0 Å². The van der Waals surface area contributed by atoms with E-state index in [1.54, 1.807) is 6.07 Å². The number of phenolic OH excluding ortho intramolecular Hbond substituents is 1. The minimum Gasteiger partial charge on any atom is -0.508 e. The highest BCUT2D eigenvalue weighted by molar-refractivity contribution is 5.43. The topological polar surface area (TPSA) is 46.2 Å². The molecule has 0 saturated carbocycles. The zero-order valence-electron chi connectivity index (χ0n) is 11.6. The zero-order valence-corrected chi connectivity index (χ0v) is 11.6. The summed E-state index contributed by atoms with van der Waals surface area (Å²) in [5.41, 5.74) is 9.24. The fraction of sp³-hybridized carbons (Fsp3) is 0.625. The molecule has 0 aliphatic heterocycles. The lowest BCUT2D eigenvalue weighted by molar-refractivity contribution is 0.260. The van der Waals surface area contributed by atoms with Crippen LogP contribution in [0.15, 0.2) is 18.2 Å². The van der Waals surface area contributed by atoms with Crippen LogP contribution >= 0.6 is 0 Å². The molecule has 18 heavy (non-hydrogen) atoms. The zero-order chi connectivity index (χ0) is 13.2. The molecule has 0 spiro atoms. The number of phenols is 1. The third kappa shape index (κ3) is 2.14. The van der Waals surface area contributed by atoms with Crippen molar-refractivity contribution < 1.29 is 5.11 Å². The first-order valence-electron chi connectivity index (χ1n) is 7.22. The summed E-state index contributed by atoms with van der Waals surface area (Å²) in [6, 6.07) is 6.07. The van der Waals surface area contributed by atoms with Crippen molar-refractivity contribution in [2.24, 2.45) is 5.73 Å². The maximum atomic E-state index is 9.80. The average molecular weight is 247 g/mol. The number of fused-ring (bicyclic) bond motifs is 1. The fourth-order valence-corrected chi connectivity index (χ4v) is 3.69. The summed E-state index contributed by atoms with van der Waals surface area (Å²) in [5, 5.41) is 9.80. The minimum absolute atomic E-state index is 0.0792. The maximum absolute atomic E-state index is 9.80. The van der Waals surface area contributed by atoms with Gasteiger partial charge in [0.05, 0.1) is 0 Å². The number of rotatable bonds is 4. The average Bonchev–Trinajstić information content (AvgIpc) is 2.35. The predicted molar refractivity (Wildman–Crippen MR) is 75.9 cm³/mol. The molecule has 2 heteroatoms. The van der Waals surface area contributed by atoms with Gasteiger partial charge in [-0.1, -0.05) is 32.8 Å². The molecular weight excluding hydrogens is 222 g/mol. The standard InChI is InChI=1S/C16H25NO/c1-3-9-16(10-4-2)14-11-13(18)7-5-12(14)6-8-15(16)17/h5,7,11,15,18H,3-4,6,8-10,17H2,1-2H3. The second-order valence-corrected chi connectivity index (χ2v) is 5.64. The summed E-state index contributed by atoms with van der Waals surface area (Å²) in [4.78, 5) is 0. The van der Waals surface area contributed by atoms with E-state index >= 15 is 0 Å². The SMILES string of the molecule is CCCC1(CCC)c2cc(O)ccc2CCC1N. The Morgan fingerprint density at radius 2 is 1.94 bits per heavy atom. The number of nitrogens with two attached hydrogens (primary N) is 1. The van der Waals surface area contributed by atoms with Crippen molar-refractivity contribution in [3.05, 3.63) is 29.3 Å². The van der Waals surface area contributed by atoms with Crippen molar-refractivity contribution in [2.75, 3.05) is 0 Å². The van der Waals surface area contributed by atoms with E-state index in [4.69, 9.17) is 5.73 Å². The van der Waals surface area contributed by atoms with Crippen LogP contribution in [0, 0.1) is 0 Å². The molecule has 1 atom stereocenters. The Kier molecular flexibility index (Phi) is 3.96. The van der Waals surface area contributed by atoms with Gasteiger partial charge in [0, 0.05) is 11.5 Å². The summed E-state index contributed by atoms with van der Waals surface area (Å²) in [6.45, 7) is 4.45. The summed E-state index contributed by atoms with van der Waals surface area (Å²) >= 11 is 0. The van der Waals surface area contributed by atoms with E-state index in [0.29, 0.717) is 5.75 Å². The second-order valence-electron chi connectivity index (χ2n) is 5.64. The van der Waals surface area contributed by atoms with Gasteiger partial charge in [-0.25, -0.2) is 0 Å². The predicted octanol–water partition coefficient (Wildman–Crippen LogP) is 3.50. The Bertz CT molecular complexity index is 408. The minimum atomic E-state index is 0.0792. The molecule has 0 aromatic heterocycles. The highest BCUT2D eigenvalue weighted by atomic mass is 16.3. The van der Waals surface area contributed by atoms with Crippen molar-refractivity contribution in [3.8, 4) is 5.75 Å². The van der Waals surface area contributed by atoms with E-state index in [2.05, 4.69) is 19.9 Å². The molecule has 0 fully saturated rings. The lowest BCUT2D eigenvalue weighted by Gasteiger charge is -2.44. The molecule has 1 aromatic rings. The van der Waals surface area contributed by atoms with Crippen LogP contribution in [0.2, 0.25) is 0 Å². The largest absolute Gasteiger partial charge is 0.508 e. The number of aromatic hydroxyl groups is 1. The van der Waals surface area contributed by atoms with Gasteiger partial charge < -0.3 is 10.8 Å². The van der Waals surface area contributed by atoms with Crippen LogP contribution in [-0.2, 0) is 11.8 Å². The Morgan fingerprint density at radius 3 is 2.56 bits per heavy atom. The van der Waals surface area contributed by atoms with Crippen molar-refractivity contribution in [3.63, 3.8) is 0 Å². The molecule has 0 saturated heterocycles. The Labute approximate surface area is 110 Å². The summed E-state index contributed by atoms with van der Waals surface area (Å²) in [6.07, 6.45) is 6.65. The van der Waals surface area contributed by atoms with E-state index in [9.17, 15) is 5.11 Å². The van der Waals surface area contributed by atoms with Crippen molar-refractivity contribution in [1.82, 2.24) is 0 Å². The van der Waals surface area contributed by atoms with Gasteiger partial charge in [0.2, 0.25) is 0 Å². The summed E-state index contributed by atoms with van der Waals surface area (Å²) in [5.74, 6) is 0.374. The molecule has 0 amide bonds.